The molecule has 0 aliphatic carbocycles. The number of carbonyl (C=O) groups excluding carboxylic acids is 1. The van der Waals surface area contributed by atoms with Crippen LogP contribution in [0.4, 0.5) is 0 Å². The van der Waals surface area contributed by atoms with E-state index in [0.29, 0.717) is 11.7 Å². The van der Waals surface area contributed by atoms with Crippen LogP contribution >= 0.6 is 11.3 Å². The van der Waals surface area contributed by atoms with E-state index in [2.05, 4.69) is 13.8 Å². The molecule has 3 heteroatoms. The first-order chi connectivity index (χ1) is 10.4. The second-order valence-corrected chi connectivity index (χ2v) is 7.23. The Bertz CT molecular complexity index is 685. The van der Waals surface area contributed by atoms with Crippen LogP contribution in [0.15, 0.2) is 30.3 Å². The van der Waals surface area contributed by atoms with Gasteiger partial charge >= 0.3 is 0 Å². The summed E-state index contributed by atoms with van der Waals surface area (Å²) in [7, 11) is 0. The molecule has 0 spiro atoms. The molecule has 1 aromatic heterocycles. The summed E-state index contributed by atoms with van der Waals surface area (Å²) in [5.41, 5.74) is 2.57. The van der Waals surface area contributed by atoms with Gasteiger partial charge in [-0.15, -0.1) is 11.3 Å². The van der Waals surface area contributed by atoms with Crippen molar-refractivity contribution in [3.05, 3.63) is 56.8 Å². The molecular weight excluding hydrogens is 292 g/mol. The van der Waals surface area contributed by atoms with Crippen molar-refractivity contribution in [3.8, 4) is 5.75 Å². The van der Waals surface area contributed by atoms with Crippen LogP contribution in [0.5, 0.6) is 5.75 Å². The van der Waals surface area contributed by atoms with Gasteiger partial charge in [-0.3, -0.25) is 4.79 Å². The number of aryl methyl sites for hydroxylation is 2. The van der Waals surface area contributed by atoms with E-state index in [-0.39, 0.29) is 5.78 Å². The fourth-order valence-corrected chi connectivity index (χ4v) is 3.50. The lowest BCUT2D eigenvalue weighted by atomic mass is 10.1. The van der Waals surface area contributed by atoms with E-state index in [1.165, 1.54) is 4.88 Å². The molecule has 0 fully saturated rings. The molecule has 0 unspecified atom stereocenters. The number of ketones is 1. The highest BCUT2D eigenvalue weighted by atomic mass is 32.1. The summed E-state index contributed by atoms with van der Waals surface area (Å²) in [6.07, 6.45) is 4.43. The number of hydrogen-bond donors (Lipinski definition) is 1. The minimum atomic E-state index is 0.0309. The van der Waals surface area contributed by atoms with Crippen LogP contribution < -0.4 is 0 Å². The zero-order chi connectivity index (χ0) is 16.3. The highest BCUT2D eigenvalue weighted by molar-refractivity contribution is 7.14. The van der Waals surface area contributed by atoms with E-state index in [1.54, 1.807) is 17.4 Å². The van der Waals surface area contributed by atoms with Gasteiger partial charge in [-0.1, -0.05) is 19.9 Å². The van der Waals surface area contributed by atoms with Gasteiger partial charge in [-0.25, -0.2) is 0 Å². The Hall–Kier alpha value is -1.87. The van der Waals surface area contributed by atoms with E-state index in [4.69, 9.17) is 0 Å². The van der Waals surface area contributed by atoms with Crippen molar-refractivity contribution >= 4 is 23.2 Å². The molecule has 0 aliphatic heterocycles. The number of hydrogen-bond acceptors (Lipinski definition) is 3. The zero-order valence-corrected chi connectivity index (χ0v) is 14.3. The average molecular weight is 314 g/mol. The molecule has 0 atom stereocenters. The third kappa shape index (κ3) is 4.08. The van der Waals surface area contributed by atoms with Crippen molar-refractivity contribution < 1.29 is 9.90 Å². The number of rotatable bonds is 5. The second-order valence-electron chi connectivity index (χ2n) is 6.06. The molecule has 0 saturated carbocycles. The van der Waals surface area contributed by atoms with Crippen LogP contribution in [0.2, 0.25) is 0 Å². The third-order valence-electron chi connectivity index (χ3n) is 3.45. The van der Waals surface area contributed by atoms with Gasteiger partial charge < -0.3 is 5.11 Å². The van der Waals surface area contributed by atoms with Crippen LogP contribution in [0, 0.1) is 19.8 Å². The minimum absolute atomic E-state index is 0.0309. The SMILES string of the molecule is Cc1cc(C=CC(=O)c2ccc(CC(C)C)s2)cc(C)c1O. The summed E-state index contributed by atoms with van der Waals surface area (Å²) >= 11 is 1.57. The summed E-state index contributed by atoms with van der Waals surface area (Å²) < 4.78 is 0. The molecule has 0 saturated heterocycles. The Morgan fingerprint density at radius 3 is 2.45 bits per heavy atom. The predicted molar refractivity (Wildman–Crippen MR) is 93.8 cm³/mol. The standard InChI is InChI=1S/C19H22O2S/c1-12(2)9-16-6-8-18(22-16)17(20)7-5-15-10-13(3)19(21)14(4)11-15/h5-8,10-12,21H,9H2,1-4H3. The number of phenols is 1. The first-order valence-corrected chi connectivity index (χ1v) is 8.30. The molecule has 1 aromatic carbocycles. The molecule has 0 amide bonds. The van der Waals surface area contributed by atoms with Crippen LogP contribution in [0.1, 0.15) is 45.1 Å². The van der Waals surface area contributed by atoms with Gasteiger partial charge in [0.1, 0.15) is 5.75 Å². The molecule has 0 bridgehead atoms. The van der Waals surface area contributed by atoms with Gasteiger partial charge in [0.05, 0.1) is 4.88 Å². The second kappa shape index (κ2) is 6.93. The van der Waals surface area contributed by atoms with Crippen LogP contribution in [-0.4, -0.2) is 10.9 Å². The Morgan fingerprint density at radius 2 is 1.86 bits per heavy atom. The lowest BCUT2D eigenvalue weighted by Gasteiger charge is -2.04. The number of carbonyl (C=O) groups is 1. The Morgan fingerprint density at radius 1 is 1.23 bits per heavy atom. The molecule has 116 valence electrons. The fraction of sp³-hybridized carbons (Fsp3) is 0.316. The lowest BCUT2D eigenvalue weighted by molar-refractivity contribution is 0.105. The highest BCUT2D eigenvalue weighted by Crippen LogP contribution is 2.24. The monoisotopic (exact) mass is 314 g/mol. The van der Waals surface area contributed by atoms with Crippen LogP contribution in [0.25, 0.3) is 6.08 Å². The minimum Gasteiger partial charge on any atom is -0.507 e. The van der Waals surface area contributed by atoms with Crippen molar-refractivity contribution in [3.63, 3.8) is 0 Å². The van der Waals surface area contributed by atoms with Gasteiger partial charge in [0, 0.05) is 4.88 Å². The zero-order valence-electron chi connectivity index (χ0n) is 13.5. The number of allylic oxidation sites excluding steroid dienone is 1. The van der Waals surface area contributed by atoms with E-state index in [9.17, 15) is 9.90 Å². The van der Waals surface area contributed by atoms with Crippen molar-refractivity contribution in [2.75, 3.05) is 0 Å². The van der Waals surface area contributed by atoms with Gasteiger partial charge in [-0.05, 0) is 73.2 Å². The summed E-state index contributed by atoms with van der Waals surface area (Å²) in [6, 6.07) is 7.71. The van der Waals surface area contributed by atoms with Crippen molar-refractivity contribution in [1.29, 1.82) is 0 Å². The highest BCUT2D eigenvalue weighted by Gasteiger charge is 2.08. The van der Waals surface area contributed by atoms with Crippen molar-refractivity contribution in [1.82, 2.24) is 0 Å². The summed E-state index contributed by atoms with van der Waals surface area (Å²) in [5.74, 6) is 0.948. The molecule has 2 nitrogen and oxygen atoms in total. The van der Waals surface area contributed by atoms with Gasteiger partial charge in [0.2, 0.25) is 0 Å². The number of phenolic OH excluding ortho intramolecular Hbond substituents is 1. The number of benzene rings is 1. The van der Waals surface area contributed by atoms with Crippen LogP contribution in [-0.2, 0) is 6.42 Å². The molecule has 2 rings (SSSR count). The summed E-state index contributed by atoms with van der Waals surface area (Å²) in [5, 5.41) is 9.77. The topological polar surface area (TPSA) is 37.3 Å². The summed E-state index contributed by atoms with van der Waals surface area (Å²) in [6.45, 7) is 8.07. The molecular formula is C19H22O2S. The van der Waals surface area contributed by atoms with E-state index >= 15 is 0 Å². The molecule has 1 N–H and O–H groups in total. The normalized spacial score (nSPS) is 11.5. The maximum Gasteiger partial charge on any atom is 0.195 e. The van der Waals surface area contributed by atoms with Gasteiger partial charge in [0.15, 0.2) is 5.78 Å². The van der Waals surface area contributed by atoms with Crippen molar-refractivity contribution in [2.45, 2.75) is 34.1 Å². The quantitative estimate of drug-likeness (QED) is 0.611. The fourth-order valence-electron chi connectivity index (χ4n) is 2.36. The molecule has 0 radical (unpaired) electrons. The summed E-state index contributed by atoms with van der Waals surface area (Å²) in [4.78, 5) is 14.3. The molecule has 1 heterocycles. The molecule has 2 aromatic rings. The smallest absolute Gasteiger partial charge is 0.195 e. The van der Waals surface area contributed by atoms with Gasteiger partial charge in [0.25, 0.3) is 0 Å². The maximum absolute atomic E-state index is 12.2. The first-order valence-electron chi connectivity index (χ1n) is 7.48. The third-order valence-corrected chi connectivity index (χ3v) is 4.58. The molecule has 0 aliphatic rings. The number of aromatic hydroxyl groups is 1. The largest absolute Gasteiger partial charge is 0.507 e. The Labute approximate surface area is 136 Å². The average Bonchev–Trinajstić information content (AvgIpc) is 2.89. The predicted octanol–water partition coefficient (Wildman–Crippen LogP) is 5.17. The molecule has 22 heavy (non-hydrogen) atoms. The lowest BCUT2D eigenvalue weighted by Crippen LogP contribution is -1.91. The maximum atomic E-state index is 12.2. The van der Waals surface area contributed by atoms with Crippen LogP contribution in [0.3, 0.4) is 0 Å². The van der Waals surface area contributed by atoms with Crippen molar-refractivity contribution in [2.24, 2.45) is 5.92 Å². The Balaban J connectivity index is 2.13. The van der Waals surface area contributed by atoms with E-state index < -0.39 is 0 Å². The van der Waals surface area contributed by atoms with Gasteiger partial charge in [-0.2, -0.15) is 0 Å². The Kier molecular flexibility index (Phi) is 5.19. The first kappa shape index (κ1) is 16.5. The van der Waals surface area contributed by atoms with E-state index in [1.807, 2.05) is 44.2 Å². The van der Waals surface area contributed by atoms with E-state index in [0.717, 1.165) is 28.0 Å². The number of thiophene rings is 1.